The van der Waals surface area contributed by atoms with Crippen molar-refractivity contribution in [2.24, 2.45) is 0 Å². The number of ether oxygens (including phenoxy) is 1. The quantitative estimate of drug-likeness (QED) is 0.546. The predicted octanol–water partition coefficient (Wildman–Crippen LogP) is 4.21. The van der Waals surface area contributed by atoms with E-state index in [0.29, 0.717) is 31.9 Å². The lowest BCUT2D eigenvalue weighted by Gasteiger charge is -2.27. The maximum atomic E-state index is 13.0. The van der Waals surface area contributed by atoms with E-state index in [0.717, 1.165) is 36.1 Å². The molecule has 0 aromatic heterocycles. The van der Waals surface area contributed by atoms with Crippen LogP contribution in [-0.2, 0) is 4.74 Å². The number of hydrogen-bond donors (Lipinski definition) is 2. The van der Waals surface area contributed by atoms with Crippen molar-refractivity contribution in [3.8, 4) is 0 Å². The van der Waals surface area contributed by atoms with Crippen LogP contribution in [0, 0.1) is 0 Å². The molecule has 6 heteroatoms. The molecule has 0 saturated heterocycles. The van der Waals surface area contributed by atoms with Gasteiger partial charge in [0.1, 0.15) is 6.17 Å². The lowest BCUT2D eigenvalue weighted by molar-refractivity contribution is 0.0708. The van der Waals surface area contributed by atoms with Crippen LogP contribution in [0.2, 0.25) is 0 Å². The van der Waals surface area contributed by atoms with Crippen molar-refractivity contribution >= 4 is 17.5 Å². The molecule has 0 spiro atoms. The minimum atomic E-state index is -0.270. The maximum absolute atomic E-state index is 13.0. The zero-order valence-corrected chi connectivity index (χ0v) is 17.8. The normalized spacial score (nSPS) is 15.2. The van der Waals surface area contributed by atoms with Gasteiger partial charge in [0.2, 0.25) is 0 Å². The molecule has 160 valence electrons. The fourth-order valence-corrected chi connectivity index (χ4v) is 3.63. The average molecular weight is 410 g/mol. The zero-order valence-electron chi connectivity index (χ0n) is 17.8. The third kappa shape index (κ3) is 5.19. The summed E-state index contributed by atoms with van der Waals surface area (Å²) in [4.78, 5) is 27.2. The topological polar surface area (TPSA) is 70.7 Å². The van der Waals surface area contributed by atoms with Gasteiger partial charge < -0.3 is 20.3 Å². The van der Waals surface area contributed by atoms with Crippen molar-refractivity contribution in [2.75, 3.05) is 31.6 Å². The van der Waals surface area contributed by atoms with Gasteiger partial charge >= 0.3 is 0 Å². The molecule has 2 N–H and O–H groups in total. The second-order valence-corrected chi connectivity index (χ2v) is 7.37. The molecular weight excluding hydrogens is 378 g/mol. The Bertz CT molecular complexity index is 868. The molecule has 3 rings (SSSR count). The van der Waals surface area contributed by atoms with Crippen molar-refractivity contribution in [2.45, 2.75) is 39.3 Å². The molecule has 2 aromatic carbocycles. The summed E-state index contributed by atoms with van der Waals surface area (Å²) in [5.74, 6) is -0.0587. The Hall–Kier alpha value is -2.86. The summed E-state index contributed by atoms with van der Waals surface area (Å²) < 4.78 is 5.44. The third-order valence-corrected chi connectivity index (χ3v) is 5.19. The molecular formula is C24H31N3O3. The number of nitrogens with zero attached hydrogens (tertiary/aromatic N) is 1. The van der Waals surface area contributed by atoms with Crippen molar-refractivity contribution < 1.29 is 14.3 Å². The highest BCUT2D eigenvalue weighted by molar-refractivity contribution is 5.99. The number of hydrogen-bond acceptors (Lipinski definition) is 4. The highest BCUT2D eigenvalue weighted by atomic mass is 16.5. The first-order valence-corrected chi connectivity index (χ1v) is 10.8. The monoisotopic (exact) mass is 409 g/mol. The maximum Gasteiger partial charge on any atom is 0.256 e. The molecule has 0 bridgehead atoms. The van der Waals surface area contributed by atoms with E-state index in [2.05, 4.69) is 17.6 Å². The molecule has 1 aliphatic heterocycles. The molecule has 1 heterocycles. The Kier molecular flexibility index (Phi) is 7.85. The fraction of sp³-hybridized carbons (Fsp3) is 0.417. The smallest absolute Gasteiger partial charge is 0.256 e. The van der Waals surface area contributed by atoms with Gasteiger partial charge in [-0.15, -0.1) is 0 Å². The second kappa shape index (κ2) is 10.8. The van der Waals surface area contributed by atoms with E-state index in [1.807, 2.05) is 54.3 Å². The molecule has 2 amide bonds. The van der Waals surface area contributed by atoms with E-state index >= 15 is 0 Å². The van der Waals surface area contributed by atoms with Gasteiger partial charge in [0.25, 0.3) is 11.8 Å². The van der Waals surface area contributed by atoms with Crippen LogP contribution < -0.4 is 10.6 Å². The molecule has 0 fully saturated rings. The van der Waals surface area contributed by atoms with E-state index in [1.165, 1.54) is 0 Å². The van der Waals surface area contributed by atoms with Crippen LogP contribution >= 0.6 is 0 Å². The number of nitrogens with one attached hydrogen (secondary N) is 2. The molecule has 30 heavy (non-hydrogen) atoms. The molecule has 0 saturated carbocycles. The number of fused-ring (bicyclic) bond motifs is 1. The fourth-order valence-electron chi connectivity index (χ4n) is 3.63. The molecule has 0 aliphatic carbocycles. The van der Waals surface area contributed by atoms with E-state index in [4.69, 9.17) is 4.74 Å². The minimum absolute atomic E-state index is 0.0214. The summed E-state index contributed by atoms with van der Waals surface area (Å²) >= 11 is 0. The SMILES string of the molecule is CCCCNC(=O)c1cccc(N[C@H]2c3ccccc3C(=O)N2CCCOCC)c1. The Morgan fingerprint density at radius 2 is 1.93 bits per heavy atom. The van der Waals surface area contributed by atoms with Crippen LogP contribution in [0.15, 0.2) is 48.5 Å². The van der Waals surface area contributed by atoms with Crippen molar-refractivity contribution in [3.63, 3.8) is 0 Å². The highest BCUT2D eigenvalue weighted by Gasteiger charge is 2.36. The van der Waals surface area contributed by atoms with E-state index in [-0.39, 0.29) is 18.0 Å². The standard InChI is InChI=1S/C24H31N3O3/c1-3-5-14-25-23(28)18-10-8-11-19(17-18)26-22-20-12-6-7-13-21(20)24(29)27(22)15-9-16-30-4-2/h6-8,10-13,17,22,26H,3-5,9,14-16H2,1-2H3,(H,25,28)/t22-/m1/s1. The Morgan fingerprint density at radius 1 is 1.10 bits per heavy atom. The van der Waals surface area contributed by atoms with Crippen LogP contribution in [0.3, 0.4) is 0 Å². The van der Waals surface area contributed by atoms with Crippen LogP contribution in [0.25, 0.3) is 0 Å². The van der Waals surface area contributed by atoms with E-state index < -0.39 is 0 Å². The third-order valence-electron chi connectivity index (χ3n) is 5.19. The van der Waals surface area contributed by atoms with Crippen molar-refractivity contribution in [3.05, 3.63) is 65.2 Å². The predicted molar refractivity (Wildman–Crippen MR) is 119 cm³/mol. The summed E-state index contributed by atoms with van der Waals surface area (Å²) in [7, 11) is 0. The molecule has 0 unspecified atom stereocenters. The molecule has 1 atom stereocenters. The summed E-state index contributed by atoms with van der Waals surface area (Å²) in [5.41, 5.74) is 3.09. The van der Waals surface area contributed by atoms with Gasteiger partial charge in [-0.2, -0.15) is 0 Å². The number of amides is 2. The molecule has 2 aromatic rings. The number of unbranched alkanes of at least 4 members (excludes halogenated alkanes) is 1. The number of anilines is 1. The Morgan fingerprint density at radius 3 is 2.73 bits per heavy atom. The molecule has 0 radical (unpaired) electrons. The van der Waals surface area contributed by atoms with Crippen molar-refractivity contribution in [1.82, 2.24) is 10.2 Å². The first-order chi connectivity index (χ1) is 14.7. The summed E-state index contributed by atoms with van der Waals surface area (Å²) in [5, 5.41) is 6.41. The summed E-state index contributed by atoms with van der Waals surface area (Å²) in [6, 6.07) is 15.1. The number of rotatable bonds is 11. The van der Waals surface area contributed by atoms with Gasteiger partial charge in [0.05, 0.1) is 0 Å². The van der Waals surface area contributed by atoms with Gasteiger partial charge in [-0.05, 0) is 44.0 Å². The lowest BCUT2D eigenvalue weighted by atomic mass is 10.1. The van der Waals surface area contributed by atoms with Crippen LogP contribution in [-0.4, -0.2) is 43.0 Å². The van der Waals surface area contributed by atoms with Gasteiger partial charge in [-0.1, -0.05) is 37.6 Å². The average Bonchev–Trinajstić information content (AvgIpc) is 3.03. The Labute approximate surface area is 178 Å². The first kappa shape index (κ1) is 21.8. The van der Waals surface area contributed by atoms with Gasteiger partial charge in [0, 0.05) is 48.7 Å². The molecule has 1 aliphatic rings. The van der Waals surface area contributed by atoms with Crippen LogP contribution in [0.5, 0.6) is 0 Å². The van der Waals surface area contributed by atoms with Crippen LogP contribution in [0.4, 0.5) is 5.69 Å². The van der Waals surface area contributed by atoms with Gasteiger partial charge in [-0.25, -0.2) is 0 Å². The molecule has 6 nitrogen and oxygen atoms in total. The summed E-state index contributed by atoms with van der Waals surface area (Å²) in [6.07, 6.45) is 2.50. The number of carbonyl (C=O) groups excluding carboxylic acids is 2. The van der Waals surface area contributed by atoms with Crippen LogP contribution in [0.1, 0.15) is 65.6 Å². The number of carbonyl (C=O) groups is 2. The Balaban J connectivity index is 1.76. The largest absolute Gasteiger partial charge is 0.382 e. The highest BCUT2D eigenvalue weighted by Crippen LogP contribution is 2.34. The van der Waals surface area contributed by atoms with Gasteiger partial charge in [-0.3, -0.25) is 9.59 Å². The van der Waals surface area contributed by atoms with Crippen molar-refractivity contribution in [1.29, 1.82) is 0 Å². The lowest BCUT2D eigenvalue weighted by Crippen LogP contribution is -2.33. The number of benzene rings is 2. The minimum Gasteiger partial charge on any atom is -0.382 e. The van der Waals surface area contributed by atoms with E-state index in [1.54, 1.807) is 6.07 Å². The summed E-state index contributed by atoms with van der Waals surface area (Å²) in [6.45, 7) is 6.62. The second-order valence-electron chi connectivity index (χ2n) is 7.37. The van der Waals surface area contributed by atoms with E-state index in [9.17, 15) is 9.59 Å². The first-order valence-electron chi connectivity index (χ1n) is 10.8. The zero-order chi connectivity index (χ0) is 21.3. The van der Waals surface area contributed by atoms with Gasteiger partial charge in [0.15, 0.2) is 0 Å².